The van der Waals surface area contributed by atoms with Crippen molar-refractivity contribution < 1.29 is 9.47 Å². The van der Waals surface area contributed by atoms with Gasteiger partial charge >= 0.3 is 0 Å². The standard InChI is InChI=1S/C8H10INO2/c1-11-5-3-6(10)8(9)7(4-5)12-2/h3-4H,10H2,1-2H3. The van der Waals surface area contributed by atoms with Crippen LogP contribution in [0.15, 0.2) is 12.1 Å². The summed E-state index contributed by atoms with van der Waals surface area (Å²) in [6.45, 7) is 0. The Hall–Kier alpha value is -0.650. The largest absolute Gasteiger partial charge is 0.497 e. The van der Waals surface area contributed by atoms with Gasteiger partial charge in [-0.1, -0.05) is 0 Å². The molecule has 0 fully saturated rings. The number of ether oxygens (including phenoxy) is 2. The fraction of sp³-hybridized carbons (Fsp3) is 0.250. The molecule has 0 saturated carbocycles. The van der Waals surface area contributed by atoms with Gasteiger partial charge in [0, 0.05) is 12.1 Å². The van der Waals surface area contributed by atoms with Gasteiger partial charge in [-0.25, -0.2) is 0 Å². The van der Waals surface area contributed by atoms with Crippen LogP contribution >= 0.6 is 22.6 Å². The number of halogens is 1. The monoisotopic (exact) mass is 279 g/mol. The van der Waals surface area contributed by atoms with Crippen LogP contribution in [-0.2, 0) is 0 Å². The summed E-state index contributed by atoms with van der Waals surface area (Å²) in [7, 11) is 3.21. The van der Waals surface area contributed by atoms with E-state index in [1.54, 1.807) is 26.4 Å². The molecule has 0 aliphatic rings. The SMILES string of the molecule is COc1cc(N)c(I)c(OC)c1. The highest BCUT2D eigenvalue weighted by molar-refractivity contribution is 14.1. The second kappa shape index (κ2) is 3.84. The van der Waals surface area contributed by atoms with Crippen molar-refractivity contribution in [3.8, 4) is 11.5 Å². The Balaban J connectivity index is 3.19. The summed E-state index contributed by atoms with van der Waals surface area (Å²) >= 11 is 2.13. The van der Waals surface area contributed by atoms with Gasteiger partial charge in [-0.3, -0.25) is 0 Å². The zero-order valence-electron chi connectivity index (χ0n) is 6.93. The van der Waals surface area contributed by atoms with Gasteiger partial charge in [-0.2, -0.15) is 0 Å². The van der Waals surface area contributed by atoms with Crippen LogP contribution in [0.25, 0.3) is 0 Å². The van der Waals surface area contributed by atoms with Crippen LogP contribution < -0.4 is 15.2 Å². The van der Waals surface area contributed by atoms with E-state index in [1.165, 1.54) is 0 Å². The van der Waals surface area contributed by atoms with E-state index >= 15 is 0 Å². The first-order chi connectivity index (χ1) is 5.69. The summed E-state index contributed by atoms with van der Waals surface area (Å²) in [5, 5.41) is 0. The van der Waals surface area contributed by atoms with E-state index in [2.05, 4.69) is 22.6 Å². The molecule has 1 rings (SSSR count). The van der Waals surface area contributed by atoms with Crippen LogP contribution in [0.4, 0.5) is 5.69 Å². The molecular formula is C8H10INO2. The van der Waals surface area contributed by atoms with Gasteiger partial charge in [0.2, 0.25) is 0 Å². The summed E-state index contributed by atoms with van der Waals surface area (Å²) in [4.78, 5) is 0. The zero-order valence-corrected chi connectivity index (χ0v) is 9.08. The summed E-state index contributed by atoms with van der Waals surface area (Å²) in [6.07, 6.45) is 0. The lowest BCUT2D eigenvalue weighted by Crippen LogP contribution is -1.95. The first-order valence-electron chi connectivity index (χ1n) is 3.36. The molecule has 4 heteroatoms. The molecule has 0 spiro atoms. The third-order valence-electron chi connectivity index (χ3n) is 1.50. The van der Waals surface area contributed by atoms with Gasteiger partial charge in [-0.15, -0.1) is 0 Å². The number of hydrogen-bond donors (Lipinski definition) is 1. The summed E-state index contributed by atoms with van der Waals surface area (Å²) in [6, 6.07) is 3.57. The molecule has 3 nitrogen and oxygen atoms in total. The topological polar surface area (TPSA) is 44.5 Å². The van der Waals surface area contributed by atoms with Crippen molar-refractivity contribution in [1.82, 2.24) is 0 Å². The highest BCUT2D eigenvalue weighted by Crippen LogP contribution is 2.31. The second-order valence-corrected chi connectivity index (χ2v) is 3.31. The Bertz CT molecular complexity index is 289. The highest BCUT2D eigenvalue weighted by atomic mass is 127. The molecule has 0 aliphatic carbocycles. The number of rotatable bonds is 2. The van der Waals surface area contributed by atoms with Crippen molar-refractivity contribution in [2.75, 3.05) is 20.0 Å². The number of nitrogen functional groups attached to an aromatic ring is 1. The van der Waals surface area contributed by atoms with Crippen LogP contribution in [0.1, 0.15) is 0 Å². The molecule has 0 radical (unpaired) electrons. The first-order valence-corrected chi connectivity index (χ1v) is 4.44. The average Bonchev–Trinajstić information content (AvgIpc) is 2.09. The number of nitrogens with two attached hydrogens (primary N) is 1. The second-order valence-electron chi connectivity index (χ2n) is 2.23. The molecule has 0 saturated heterocycles. The van der Waals surface area contributed by atoms with Crippen molar-refractivity contribution in [2.45, 2.75) is 0 Å². The maximum atomic E-state index is 5.71. The zero-order chi connectivity index (χ0) is 9.14. The molecule has 0 unspecified atom stereocenters. The molecule has 1 aromatic rings. The van der Waals surface area contributed by atoms with Crippen LogP contribution in [0.2, 0.25) is 0 Å². The summed E-state index contributed by atoms with van der Waals surface area (Å²) in [5.74, 6) is 1.46. The third-order valence-corrected chi connectivity index (χ3v) is 2.65. The van der Waals surface area contributed by atoms with E-state index in [-0.39, 0.29) is 0 Å². The third kappa shape index (κ3) is 1.74. The first kappa shape index (κ1) is 9.44. The Morgan fingerprint density at radius 2 is 1.92 bits per heavy atom. The highest BCUT2D eigenvalue weighted by Gasteiger charge is 2.06. The number of anilines is 1. The lowest BCUT2D eigenvalue weighted by Gasteiger charge is -2.08. The Morgan fingerprint density at radius 1 is 1.25 bits per heavy atom. The maximum absolute atomic E-state index is 5.71. The van der Waals surface area contributed by atoms with Gasteiger partial charge in [0.25, 0.3) is 0 Å². The molecule has 0 atom stereocenters. The van der Waals surface area contributed by atoms with Crippen LogP contribution in [0.3, 0.4) is 0 Å². The van der Waals surface area contributed by atoms with E-state index in [4.69, 9.17) is 15.2 Å². The van der Waals surface area contributed by atoms with Gasteiger partial charge in [0.05, 0.1) is 23.5 Å². The lowest BCUT2D eigenvalue weighted by molar-refractivity contribution is 0.393. The summed E-state index contributed by atoms with van der Waals surface area (Å²) < 4.78 is 11.0. The van der Waals surface area contributed by atoms with E-state index in [0.29, 0.717) is 11.4 Å². The van der Waals surface area contributed by atoms with Crippen molar-refractivity contribution in [1.29, 1.82) is 0 Å². The van der Waals surface area contributed by atoms with E-state index in [1.807, 2.05) is 0 Å². The van der Waals surface area contributed by atoms with Gasteiger partial charge < -0.3 is 15.2 Å². The fourth-order valence-corrected chi connectivity index (χ4v) is 1.39. The molecular weight excluding hydrogens is 269 g/mol. The van der Waals surface area contributed by atoms with Gasteiger partial charge in [-0.05, 0) is 22.6 Å². The summed E-state index contributed by atoms with van der Waals surface area (Å²) in [5.41, 5.74) is 6.38. The number of methoxy groups -OCH3 is 2. The number of hydrogen-bond acceptors (Lipinski definition) is 3. The molecule has 2 N–H and O–H groups in total. The Kier molecular flexibility index (Phi) is 3.02. The van der Waals surface area contributed by atoms with Crippen molar-refractivity contribution in [3.63, 3.8) is 0 Å². The smallest absolute Gasteiger partial charge is 0.137 e. The molecule has 0 amide bonds. The van der Waals surface area contributed by atoms with Crippen LogP contribution in [0.5, 0.6) is 11.5 Å². The van der Waals surface area contributed by atoms with E-state index in [9.17, 15) is 0 Å². The number of benzene rings is 1. The van der Waals surface area contributed by atoms with Crippen LogP contribution in [-0.4, -0.2) is 14.2 Å². The molecule has 0 heterocycles. The molecule has 66 valence electrons. The maximum Gasteiger partial charge on any atom is 0.137 e. The Labute approximate surface area is 85.0 Å². The minimum atomic E-state index is 0.673. The van der Waals surface area contributed by atoms with Crippen molar-refractivity contribution in [3.05, 3.63) is 15.7 Å². The minimum absolute atomic E-state index is 0.673. The normalized spacial score (nSPS) is 9.58. The van der Waals surface area contributed by atoms with E-state index in [0.717, 1.165) is 9.32 Å². The van der Waals surface area contributed by atoms with Gasteiger partial charge in [0.1, 0.15) is 11.5 Å². The Morgan fingerprint density at radius 3 is 2.42 bits per heavy atom. The molecule has 0 aliphatic heterocycles. The molecule has 0 bridgehead atoms. The predicted molar refractivity (Wildman–Crippen MR) is 56.7 cm³/mol. The van der Waals surface area contributed by atoms with Crippen molar-refractivity contribution in [2.24, 2.45) is 0 Å². The molecule has 12 heavy (non-hydrogen) atoms. The minimum Gasteiger partial charge on any atom is -0.497 e. The van der Waals surface area contributed by atoms with E-state index < -0.39 is 0 Å². The van der Waals surface area contributed by atoms with Crippen LogP contribution in [0, 0.1) is 3.57 Å². The van der Waals surface area contributed by atoms with Crippen molar-refractivity contribution >= 4 is 28.3 Å². The lowest BCUT2D eigenvalue weighted by atomic mass is 10.3. The average molecular weight is 279 g/mol. The molecule has 1 aromatic carbocycles. The predicted octanol–water partition coefficient (Wildman–Crippen LogP) is 1.89. The molecule has 0 aromatic heterocycles. The van der Waals surface area contributed by atoms with Gasteiger partial charge in [0.15, 0.2) is 0 Å². The quantitative estimate of drug-likeness (QED) is 0.664. The fourth-order valence-electron chi connectivity index (χ4n) is 0.860.